The lowest BCUT2D eigenvalue weighted by Gasteiger charge is -2.49. The van der Waals surface area contributed by atoms with Crippen LogP contribution in [-0.2, 0) is 4.79 Å². The van der Waals surface area contributed by atoms with Crippen molar-refractivity contribution in [3.8, 4) is 0 Å². The third-order valence-electron chi connectivity index (χ3n) is 5.74. The van der Waals surface area contributed by atoms with Crippen LogP contribution in [0.2, 0.25) is 0 Å². The summed E-state index contributed by atoms with van der Waals surface area (Å²) < 4.78 is 0. The second-order valence-corrected chi connectivity index (χ2v) is 8.75. The number of piperidine rings is 1. The van der Waals surface area contributed by atoms with Gasteiger partial charge in [0.25, 0.3) is 0 Å². The van der Waals surface area contributed by atoms with Crippen LogP contribution in [0.25, 0.3) is 0 Å². The van der Waals surface area contributed by atoms with Crippen LogP contribution in [-0.4, -0.2) is 71.5 Å². The fourth-order valence-corrected chi connectivity index (χ4v) is 4.05. The Kier molecular flexibility index (Phi) is 6.12. The quantitative estimate of drug-likeness (QED) is 0.796. The first-order chi connectivity index (χ1) is 10.7. The molecule has 134 valence electrons. The summed E-state index contributed by atoms with van der Waals surface area (Å²) in [5.41, 5.74) is 0.0952. The minimum absolute atomic E-state index is 0.0952. The van der Waals surface area contributed by atoms with E-state index in [0.29, 0.717) is 11.9 Å². The van der Waals surface area contributed by atoms with E-state index in [1.54, 1.807) is 0 Å². The molecule has 0 aliphatic carbocycles. The van der Waals surface area contributed by atoms with Gasteiger partial charge in [-0.3, -0.25) is 9.69 Å². The zero-order valence-corrected chi connectivity index (χ0v) is 16.1. The maximum atomic E-state index is 12.3. The van der Waals surface area contributed by atoms with Crippen LogP contribution in [0.5, 0.6) is 0 Å². The Morgan fingerprint density at radius 1 is 1.04 bits per heavy atom. The van der Waals surface area contributed by atoms with Crippen molar-refractivity contribution in [3.63, 3.8) is 0 Å². The largest absolute Gasteiger partial charge is 0.339 e. The second-order valence-electron chi connectivity index (χ2n) is 8.75. The number of rotatable bonds is 4. The Morgan fingerprint density at radius 2 is 1.65 bits per heavy atom. The number of amides is 1. The molecular formula is C19H37N3O. The molecule has 1 amide bonds. The van der Waals surface area contributed by atoms with Gasteiger partial charge in [0, 0.05) is 43.7 Å². The molecule has 4 nitrogen and oxygen atoms in total. The minimum atomic E-state index is 0.0952. The molecule has 0 aromatic heterocycles. The van der Waals surface area contributed by atoms with Crippen molar-refractivity contribution >= 4 is 5.91 Å². The van der Waals surface area contributed by atoms with Crippen molar-refractivity contribution in [2.75, 3.05) is 39.3 Å². The summed E-state index contributed by atoms with van der Waals surface area (Å²) in [5, 5.41) is 0. The summed E-state index contributed by atoms with van der Waals surface area (Å²) in [6.07, 6.45) is 2.64. The van der Waals surface area contributed by atoms with Crippen LogP contribution < -0.4 is 0 Å². The lowest BCUT2D eigenvalue weighted by molar-refractivity contribution is -0.139. The smallest absolute Gasteiger partial charge is 0.225 e. The summed E-state index contributed by atoms with van der Waals surface area (Å²) >= 11 is 0. The van der Waals surface area contributed by atoms with E-state index in [1.165, 1.54) is 32.5 Å². The number of carbonyl (C=O) groups excluding carboxylic acids is 1. The average molecular weight is 324 g/mol. The van der Waals surface area contributed by atoms with Gasteiger partial charge in [0.1, 0.15) is 0 Å². The Balaban J connectivity index is 1.86. The topological polar surface area (TPSA) is 26.8 Å². The highest BCUT2D eigenvalue weighted by Crippen LogP contribution is 2.27. The zero-order valence-electron chi connectivity index (χ0n) is 16.1. The van der Waals surface area contributed by atoms with E-state index >= 15 is 0 Å². The predicted molar refractivity (Wildman–Crippen MR) is 96.5 cm³/mol. The van der Waals surface area contributed by atoms with Crippen molar-refractivity contribution in [2.24, 2.45) is 11.8 Å². The van der Waals surface area contributed by atoms with Gasteiger partial charge in [0.2, 0.25) is 5.91 Å². The van der Waals surface area contributed by atoms with Crippen molar-refractivity contribution < 1.29 is 4.79 Å². The molecule has 0 saturated carbocycles. The first kappa shape index (κ1) is 18.7. The molecule has 0 bridgehead atoms. The standard InChI is InChI=1S/C19H37N3O/c1-15(2)18(23)21-11-12-22(19(5,6)14-21)13-17-7-9-20(10-8-17)16(3)4/h15-17H,7-14H2,1-6H3. The molecule has 0 N–H and O–H groups in total. The van der Waals surface area contributed by atoms with Crippen LogP contribution in [0.15, 0.2) is 0 Å². The van der Waals surface area contributed by atoms with Gasteiger partial charge in [-0.15, -0.1) is 0 Å². The lowest BCUT2D eigenvalue weighted by Crippen LogP contribution is -2.62. The molecule has 0 spiro atoms. The molecule has 4 heteroatoms. The van der Waals surface area contributed by atoms with E-state index in [4.69, 9.17) is 0 Å². The maximum absolute atomic E-state index is 12.3. The summed E-state index contributed by atoms with van der Waals surface area (Å²) in [6.45, 7) is 19.7. The number of hydrogen-bond acceptors (Lipinski definition) is 3. The molecule has 0 aromatic rings. The average Bonchev–Trinajstić information content (AvgIpc) is 2.48. The Hall–Kier alpha value is -0.610. The molecule has 0 unspecified atom stereocenters. The van der Waals surface area contributed by atoms with Crippen LogP contribution in [0.3, 0.4) is 0 Å². The molecule has 23 heavy (non-hydrogen) atoms. The van der Waals surface area contributed by atoms with Gasteiger partial charge in [-0.05, 0) is 59.5 Å². The minimum Gasteiger partial charge on any atom is -0.339 e. The highest BCUT2D eigenvalue weighted by Gasteiger charge is 2.37. The number of hydrogen-bond donors (Lipinski definition) is 0. The summed E-state index contributed by atoms with van der Waals surface area (Å²) in [4.78, 5) is 19.6. The normalized spacial score (nSPS) is 24.6. The van der Waals surface area contributed by atoms with Crippen molar-refractivity contribution in [1.82, 2.24) is 14.7 Å². The number of piperazine rings is 1. The van der Waals surface area contributed by atoms with Crippen molar-refractivity contribution in [3.05, 3.63) is 0 Å². The fourth-order valence-electron chi connectivity index (χ4n) is 4.05. The van der Waals surface area contributed by atoms with Crippen LogP contribution in [0, 0.1) is 11.8 Å². The van der Waals surface area contributed by atoms with Gasteiger partial charge in [-0.1, -0.05) is 13.8 Å². The molecular weight excluding hydrogens is 286 g/mol. The first-order valence-electron chi connectivity index (χ1n) is 9.48. The maximum Gasteiger partial charge on any atom is 0.225 e. The van der Waals surface area contributed by atoms with E-state index in [1.807, 2.05) is 13.8 Å². The molecule has 2 aliphatic rings. The van der Waals surface area contributed by atoms with Gasteiger partial charge in [-0.25, -0.2) is 0 Å². The number of carbonyl (C=O) groups is 1. The molecule has 2 fully saturated rings. The molecule has 0 radical (unpaired) electrons. The predicted octanol–water partition coefficient (Wildman–Crippen LogP) is 2.69. The molecule has 0 atom stereocenters. The molecule has 2 rings (SSSR count). The van der Waals surface area contributed by atoms with Crippen LogP contribution in [0.1, 0.15) is 54.4 Å². The first-order valence-corrected chi connectivity index (χ1v) is 9.48. The highest BCUT2D eigenvalue weighted by atomic mass is 16.2. The van der Waals surface area contributed by atoms with Gasteiger partial charge >= 0.3 is 0 Å². The highest BCUT2D eigenvalue weighted by molar-refractivity contribution is 5.78. The Bertz CT molecular complexity index is 397. The second kappa shape index (κ2) is 7.52. The van der Waals surface area contributed by atoms with Crippen molar-refractivity contribution in [2.45, 2.75) is 66.0 Å². The van der Waals surface area contributed by atoms with E-state index in [2.05, 4.69) is 42.4 Å². The monoisotopic (exact) mass is 323 g/mol. The Morgan fingerprint density at radius 3 is 2.13 bits per heavy atom. The molecule has 2 saturated heterocycles. The van der Waals surface area contributed by atoms with E-state index in [9.17, 15) is 4.79 Å². The third kappa shape index (κ3) is 4.69. The SMILES string of the molecule is CC(C)C(=O)N1CCN(CC2CCN(C(C)C)CC2)C(C)(C)C1. The van der Waals surface area contributed by atoms with E-state index < -0.39 is 0 Å². The summed E-state index contributed by atoms with van der Waals surface area (Å²) in [5.74, 6) is 1.23. The third-order valence-corrected chi connectivity index (χ3v) is 5.74. The summed E-state index contributed by atoms with van der Waals surface area (Å²) in [6, 6.07) is 0.679. The molecule has 2 aliphatic heterocycles. The fraction of sp³-hybridized carbons (Fsp3) is 0.947. The van der Waals surface area contributed by atoms with Gasteiger partial charge in [-0.2, -0.15) is 0 Å². The lowest BCUT2D eigenvalue weighted by atomic mass is 9.91. The zero-order chi connectivity index (χ0) is 17.2. The van der Waals surface area contributed by atoms with E-state index in [-0.39, 0.29) is 11.5 Å². The van der Waals surface area contributed by atoms with Gasteiger partial charge in [0.15, 0.2) is 0 Å². The van der Waals surface area contributed by atoms with Gasteiger partial charge < -0.3 is 9.80 Å². The molecule has 0 aromatic carbocycles. The van der Waals surface area contributed by atoms with E-state index in [0.717, 1.165) is 25.6 Å². The van der Waals surface area contributed by atoms with Gasteiger partial charge in [0.05, 0.1) is 0 Å². The number of likely N-dealkylation sites (tertiary alicyclic amines) is 1. The summed E-state index contributed by atoms with van der Waals surface area (Å²) in [7, 11) is 0. The number of nitrogens with zero attached hydrogens (tertiary/aromatic N) is 3. The Labute approximate surface area is 143 Å². The molecule has 2 heterocycles. The van der Waals surface area contributed by atoms with Crippen LogP contribution >= 0.6 is 0 Å². The van der Waals surface area contributed by atoms with Crippen molar-refractivity contribution in [1.29, 1.82) is 0 Å². The van der Waals surface area contributed by atoms with Crippen LogP contribution in [0.4, 0.5) is 0 Å².